The zero-order valence-electron chi connectivity index (χ0n) is 15.0. The van der Waals surface area contributed by atoms with Crippen molar-refractivity contribution in [3.63, 3.8) is 0 Å². The van der Waals surface area contributed by atoms with Crippen molar-refractivity contribution in [2.45, 2.75) is 65.1 Å². The lowest BCUT2D eigenvalue weighted by Gasteiger charge is -2.17. The first-order valence-corrected chi connectivity index (χ1v) is 9.06. The van der Waals surface area contributed by atoms with E-state index >= 15 is 0 Å². The van der Waals surface area contributed by atoms with Crippen LogP contribution in [-0.4, -0.2) is 17.8 Å². The number of rotatable bonds is 10. The van der Waals surface area contributed by atoms with Crippen LogP contribution in [0.15, 0.2) is 45.9 Å². The Morgan fingerprint density at radius 1 is 1.25 bits per heavy atom. The van der Waals surface area contributed by atoms with Crippen LogP contribution in [0.1, 0.15) is 63.9 Å². The summed E-state index contributed by atoms with van der Waals surface area (Å²) < 4.78 is 11.5. The molecule has 2 rings (SSSR count). The smallest absolute Gasteiger partial charge is 0.130 e. The van der Waals surface area contributed by atoms with E-state index in [9.17, 15) is 0 Å². The van der Waals surface area contributed by atoms with E-state index < -0.39 is 0 Å². The van der Waals surface area contributed by atoms with E-state index in [2.05, 4.69) is 32.6 Å². The van der Waals surface area contributed by atoms with E-state index in [1.165, 1.54) is 16.7 Å². The molecule has 3 nitrogen and oxygen atoms in total. The molecule has 132 valence electrons. The molecule has 1 aliphatic rings. The third-order valence-corrected chi connectivity index (χ3v) is 4.39. The van der Waals surface area contributed by atoms with Gasteiger partial charge in [-0.2, -0.15) is 0 Å². The highest BCUT2D eigenvalue weighted by Crippen LogP contribution is 2.29. The van der Waals surface area contributed by atoms with Gasteiger partial charge in [0.1, 0.15) is 18.1 Å². The fourth-order valence-electron chi connectivity index (χ4n) is 3.20. The molecule has 0 fully saturated rings. The lowest BCUT2D eigenvalue weighted by atomic mass is 9.94. The van der Waals surface area contributed by atoms with Crippen LogP contribution in [0.4, 0.5) is 0 Å². The SMILES string of the molecule is C=C(CCC)C1=CCOC1CC/C(=C/c1ccc(CO)o1)CCC. The van der Waals surface area contributed by atoms with Gasteiger partial charge in [-0.05, 0) is 55.0 Å². The highest BCUT2D eigenvalue weighted by Gasteiger charge is 2.21. The van der Waals surface area contributed by atoms with E-state index in [0.29, 0.717) is 12.4 Å². The minimum Gasteiger partial charge on any atom is -0.459 e. The number of aliphatic hydroxyl groups is 1. The molecule has 0 spiro atoms. The minimum absolute atomic E-state index is 0.0550. The van der Waals surface area contributed by atoms with Crippen molar-refractivity contribution in [3.05, 3.63) is 53.0 Å². The topological polar surface area (TPSA) is 42.6 Å². The summed E-state index contributed by atoms with van der Waals surface area (Å²) in [5, 5.41) is 9.11. The molecule has 0 bridgehead atoms. The number of hydrogen-bond donors (Lipinski definition) is 1. The number of furan rings is 1. The van der Waals surface area contributed by atoms with Gasteiger partial charge in [-0.25, -0.2) is 0 Å². The molecule has 1 aromatic rings. The quantitative estimate of drug-likeness (QED) is 0.623. The molecule has 0 aromatic carbocycles. The summed E-state index contributed by atoms with van der Waals surface area (Å²) >= 11 is 0. The summed E-state index contributed by atoms with van der Waals surface area (Å²) in [5.41, 5.74) is 3.89. The summed E-state index contributed by atoms with van der Waals surface area (Å²) in [6.07, 6.45) is 10.8. The molecule has 1 atom stereocenters. The van der Waals surface area contributed by atoms with Gasteiger partial charge < -0.3 is 14.3 Å². The van der Waals surface area contributed by atoms with Crippen LogP contribution in [0.3, 0.4) is 0 Å². The Labute approximate surface area is 145 Å². The Morgan fingerprint density at radius 3 is 2.71 bits per heavy atom. The normalized spacial score (nSPS) is 18.0. The number of aliphatic hydroxyl groups excluding tert-OH is 1. The first kappa shape index (κ1) is 18.8. The van der Waals surface area contributed by atoms with Gasteiger partial charge in [-0.1, -0.05) is 44.9 Å². The standard InChI is InChI=1S/C21H30O3/c1-4-6-16(3)20-12-13-23-21(20)11-8-17(7-5-2)14-18-9-10-19(15-22)24-18/h9-10,12,14,21-22H,3-8,11,13,15H2,1-2H3/b17-14+. The van der Waals surface area contributed by atoms with E-state index in [-0.39, 0.29) is 12.7 Å². The molecule has 0 saturated heterocycles. The second-order valence-corrected chi connectivity index (χ2v) is 6.39. The average Bonchev–Trinajstić information content (AvgIpc) is 3.22. The van der Waals surface area contributed by atoms with E-state index in [1.54, 1.807) is 0 Å². The third kappa shape index (κ3) is 5.22. The third-order valence-electron chi connectivity index (χ3n) is 4.39. The molecule has 0 radical (unpaired) electrons. The van der Waals surface area contributed by atoms with Crippen molar-refractivity contribution in [1.82, 2.24) is 0 Å². The van der Waals surface area contributed by atoms with Gasteiger partial charge in [0.2, 0.25) is 0 Å². The zero-order valence-corrected chi connectivity index (χ0v) is 15.0. The lowest BCUT2D eigenvalue weighted by Crippen LogP contribution is -2.12. The van der Waals surface area contributed by atoms with Gasteiger partial charge in [-0.3, -0.25) is 0 Å². The van der Waals surface area contributed by atoms with Crippen molar-refractivity contribution >= 4 is 6.08 Å². The first-order chi connectivity index (χ1) is 11.7. The number of ether oxygens (including phenoxy) is 1. The molecule has 1 aromatic heterocycles. The fraction of sp³-hybridized carbons (Fsp3) is 0.524. The summed E-state index contributed by atoms with van der Waals surface area (Å²) in [5.74, 6) is 1.43. The predicted octanol–water partition coefficient (Wildman–Crippen LogP) is 5.42. The highest BCUT2D eigenvalue weighted by molar-refractivity contribution is 5.48. The Balaban J connectivity index is 1.98. The van der Waals surface area contributed by atoms with Gasteiger partial charge in [0.25, 0.3) is 0 Å². The largest absolute Gasteiger partial charge is 0.459 e. The summed E-state index contributed by atoms with van der Waals surface area (Å²) in [4.78, 5) is 0. The Bertz CT molecular complexity index is 592. The molecule has 0 saturated carbocycles. The van der Waals surface area contributed by atoms with Crippen LogP contribution < -0.4 is 0 Å². The molecule has 24 heavy (non-hydrogen) atoms. The Hall–Kier alpha value is -1.58. The molecular formula is C21H30O3. The Morgan fingerprint density at radius 2 is 2.04 bits per heavy atom. The lowest BCUT2D eigenvalue weighted by molar-refractivity contribution is 0.116. The van der Waals surface area contributed by atoms with Crippen molar-refractivity contribution in [1.29, 1.82) is 0 Å². The molecule has 3 heteroatoms. The van der Waals surface area contributed by atoms with Gasteiger partial charge in [0.15, 0.2) is 0 Å². The van der Waals surface area contributed by atoms with Crippen LogP contribution in [0.25, 0.3) is 6.08 Å². The van der Waals surface area contributed by atoms with Crippen molar-refractivity contribution in [2.75, 3.05) is 6.61 Å². The van der Waals surface area contributed by atoms with Crippen molar-refractivity contribution < 1.29 is 14.3 Å². The Kier molecular flexibility index (Phi) is 7.54. The summed E-state index contributed by atoms with van der Waals surface area (Å²) in [7, 11) is 0. The monoisotopic (exact) mass is 330 g/mol. The number of allylic oxidation sites excluding steroid dienone is 1. The van der Waals surface area contributed by atoms with Crippen LogP contribution >= 0.6 is 0 Å². The minimum atomic E-state index is -0.0550. The summed E-state index contributed by atoms with van der Waals surface area (Å²) in [6, 6.07) is 3.74. The van der Waals surface area contributed by atoms with Crippen molar-refractivity contribution in [2.24, 2.45) is 0 Å². The molecule has 1 N–H and O–H groups in total. The van der Waals surface area contributed by atoms with E-state index in [1.807, 2.05) is 12.1 Å². The molecule has 0 aliphatic carbocycles. The van der Waals surface area contributed by atoms with Crippen LogP contribution in [0, 0.1) is 0 Å². The molecule has 0 amide bonds. The first-order valence-electron chi connectivity index (χ1n) is 9.06. The van der Waals surface area contributed by atoms with Crippen molar-refractivity contribution in [3.8, 4) is 0 Å². The van der Waals surface area contributed by atoms with Gasteiger partial charge in [-0.15, -0.1) is 0 Å². The second-order valence-electron chi connectivity index (χ2n) is 6.39. The van der Waals surface area contributed by atoms with Crippen LogP contribution in [0.2, 0.25) is 0 Å². The average molecular weight is 330 g/mol. The molecular weight excluding hydrogens is 300 g/mol. The highest BCUT2D eigenvalue weighted by atomic mass is 16.5. The van der Waals surface area contributed by atoms with Gasteiger partial charge in [0.05, 0.1) is 12.7 Å². The second kappa shape index (κ2) is 9.65. The maximum atomic E-state index is 9.11. The van der Waals surface area contributed by atoms with E-state index in [0.717, 1.165) is 44.3 Å². The van der Waals surface area contributed by atoms with Gasteiger partial charge in [0, 0.05) is 0 Å². The predicted molar refractivity (Wildman–Crippen MR) is 98.6 cm³/mol. The van der Waals surface area contributed by atoms with E-state index in [4.69, 9.17) is 14.3 Å². The number of hydrogen-bond acceptors (Lipinski definition) is 3. The molecule has 1 unspecified atom stereocenters. The molecule has 2 heterocycles. The fourth-order valence-corrected chi connectivity index (χ4v) is 3.20. The molecule has 1 aliphatic heterocycles. The van der Waals surface area contributed by atoms with Gasteiger partial charge >= 0.3 is 0 Å². The maximum absolute atomic E-state index is 9.11. The van der Waals surface area contributed by atoms with Crippen LogP contribution in [0.5, 0.6) is 0 Å². The van der Waals surface area contributed by atoms with Crippen LogP contribution in [-0.2, 0) is 11.3 Å². The maximum Gasteiger partial charge on any atom is 0.130 e. The summed E-state index contributed by atoms with van der Waals surface area (Å²) in [6.45, 7) is 9.24. The zero-order chi connectivity index (χ0) is 17.4.